The maximum Gasteiger partial charge on any atom is 0.308 e. The van der Waals surface area contributed by atoms with Crippen LogP contribution in [-0.4, -0.2) is 28.4 Å². The smallest absolute Gasteiger partial charge is 0.308 e. The molecule has 5 atom stereocenters. The quantitative estimate of drug-likeness (QED) is 0.409. The van der Waals surface area contributed by atoms with Crippen LogP contribution in [0.3, 0.4) is 0 Å². The number of hydrogen-bond acceptors (Lipinski definition) is 4. The molecule has 0 unspecified atom stereocenters. The van der Waals surface area contributed by atoms with E-state index in [-0.39, 0.29) is 24.1 Å². The van der Waals surface area contributed by atoms with E-state index in [1.165, 1.54) is 25.3 Å². The lowest BCUT2D eigenvalue weighted by atomic mass is 9.73. The topological polar surface area (TPSA) is 66.8 Å². The maximum absolute atomic E-state index is 11.4. The first-order chi connectivity index (χ1) is 13.0. The second-order valence-corrected chi connectivity index (χ2v) is 8.51. The molecule has 0 spiro atoms. The Morgan fingerprint density at radius 2 is 2.07 bits per heavy atom. The molecule has 0 aromatic heterocycles. The van der Waals surface area contributed by atoms with Crippen LogP contribution in [0.4, 0.5) is 0 Å². The molecule has 0 bridgehead atoms. The minimum atomic E-state index is -0.285. The highest BCUT2D eigenvalue weighted by molar-refractivity contribution is 5.70. The molecule has 0 radical (unpaired) electrons. The van der Waals surface area contributed by atoms with Crippen molar-refractivity contribution in [3.8, 4) is 5.75 Å². The molecule has 0 amide bonds. The normalized spacial score (nSPS) is 27.7. The van der Waals surface area contributed by atoms with E-state index in [4.69, 9.17) is 4.74 Å². The summed E-state index contributed by atoms with van der Waals surface area (Å²) in [5, 5.41) is 20.9. The van der Waals surface area contributed by atoms with Gasteiger partial charge in [0.05, 0.1) is 12.2 Å². The molecule has 0 saturated heterocycles. The van der Waals surface area contributed by atoms with E-state index in [0.29, 0.717) is 17.6 Å². The molecule has 1 aromatic rings. The monoisotopic (exact) mass is 374 g/mol. The number of carbonyl (C=O) groups excluding carboxylic acids is 1. The van der Waals surface area contributed by atoms with Crippen LogP contribution in [0.5, 0.6) is 5.75 Å². The van der Waals surface area contributed by atoms with Crippen molar-refractivity contribution in [2.45, 2.75) is 83.8 Å². The summed E-state index contributed by atoms with van der Waals surface area (Å²) in [6.07, 6.45) is 8.09. The minimum absolute atomic E-state index is 0.241. The highest BCUT2D eigenvalue weighted by Crippen LogP contribution is 2.48. The molecule has 0 heterocycles. The van der Waals surface area contributed by atoms with Gasteiger partial charge in [0, 0.05) is 6.92 Å². The molecule has 1 fully saturated rings. The van der Waals surface area contributed by atoms with Crippen molar-refractivity contribution < 1.29 is 19.7 Å². The second kappa shape index (κ2) is 9.20. The van der Waals surface area contributed by atoms with Crippen molar-refractivity contribution in [1.82, 2.24) is 0 Å². The van der Waals surface area contributed by atoms with Gasteiger partial charge in [-0.2, -0.15) is 0 Å². The predicted octanol–water partition coefficient (Wildman–Crippen LogP) is 4.05. The molecule has 0 aliphatic heterocycles. The molecule has 2 aliphatic rings. The van der Waals surface area contributed by atoms with Gasteiger partial charge in [0.25, 0.3) is 0 Å². The van der Waals surface area contributed by atoms with Crippen LogP contribution in [0, 0.1) is 17.8 Å². The fourth-order valence-corrected chi connectivity index (χ4v) is 5.21. The number of benzene rings is 1. The number of ether oxygens (including phenoxy) is 1. The van der Waals surface area contributed by atoms with Gasteiger partial charge in [-0.1, -0.05) is 38.3 Å². The zero-order valence-electron chi connectivity index (χ0n) is 16.7. The van der Waals surface area contributed by atoms with Crippen LogP contribution >= 0.6 is 0 Å². The Balaban J connectivity index is 1.64. The highest BCUT2D eigenvalue weighted by Gasteiger charge is 2.44. The lowest BCUT2D eigenvalue weighted by molar-refractivity contribution is -0.131. The summed E-state index contributed by atoms with van der Waals surface area (Å²) in [5.74, 6) is 1.56. The Hall–Kier alpha value is -1.39. The minimum Gasteiger partial charge on any atom is -0.426 e. The predicted molar refractivity (Wildman–Crippen MR) is 106 cm³/mol. The van der Waals surface area contributed by atoms with Gasteiger partial charge >= 0.3 is 5.97 Å². The number of carbonyl (C=O) groups is 1. The second-order valence-electron chi connectivity index (χ2n) is 8.51. The van der Waals surface area contributed by atoms with E-state index in [0.717, 1.165) is 50.5 Å². The van der Waals surface area contributed by atoms with E-state index in [1.807, 2.05) is 12.1 Å². The number of hydrogen-bond donors (Lipinski definition) is 2. The average Bonchev–Trinajstić information content (AvgIpc) is 2.92. The third-order valence-electron chi connectivity index (χ3n) is 6.57. The van der Waals surface area contributed by atoms with Gasteiger partial charge in [-0.15, -0.1) is 0 Å². The van der Waals surface area contributed by atoms with Crippen molar-refractivity contribution in [1.29, 1.82) is 0 Å². The van der Waals surface area contributed by atoms with E-state index in [9.17, 15) is 15.0 Å². The van der Waals surface area contributed by atoms with Crippen molar-refractivity contribution in [3.05, 3.63) is 29.3 Å². The summed E-state index contributed by atoms with van der Waals surface area (Å²) in [6.45, 7) is 3.61. The summed E-state index contributed by atoms with van der Waals surface area (Å²) < 4.78 is 5.41. The summed E-state index contributed by atoms with van der Waals surface area (Å²) in [6, 6.07) is 5.95. The number of rotatable bonds is 8. The zero-order valence-corrected chi connectivity index (χ0v) is 16.7. The summed E-state index contributed by atoms with van der Waals surface area (Å²) in [5.41, 5.74) is 2.39. The highest BCUT2D eigenvalue weighted by atomic mass is 16.5. The Labute approximate surface area is 162 Å². The number of unbranched alkanes of at least 4 members (excludes halogenated alkanes) is 2. The van der Waals surface area contributed by atoms with E-state index >= 15 is 0 Å². The first kappa shape index (κ1) is 20.3. The first-order valence-electron chi connectivity index (χ1n) is 10.6. The molecule has 3 rings (SSSR count). The van der Waals surface area contributed by atoms with Gasteiger partial charge < -0.3 is 14.9 Å². The standard InChI is InChI=1S/C23H34O4/c1-3-4-5-8-18(25)10-11-19-20-12-16-7-6-9-23(27-15(2)24)21(16)13-17(20)14-22(19)26/h6-7,9,17-20,22,25-26H,3-5,8,10-14H2,1-2H3/t17-,18-,19-,20-,22-/m0/s1. The van der Waals surface area contributed by atoms with Crippen LogP contribution < -0.4 is 4.74 Å². The van der Waals surface area contributed by atoms with Crippen LogP contribution in [0.1, 0.15) is 69.9 Å². The van der Waals surface area contributed by atoms with Gasteiger partial charge in [0.1, 0.15) is 5.75 Å². The van der Waals surface area contributed by atoms with Crippen LogP contribution in [0.2, 0.25) is 0 Å². The van der Waals surface area contributed by atoms with Gasteiger partial charge in [-0.25, -0.2) is 0 Å². The molecule has 1 saturated carbocycles. The molecule has 150 valence electrons. The van der Waals surface area contributed by atoms with Crippen molar-refractivity contribution in [2.75, 3.05) is 0 Å². The molecular formula is C23H34O4. The summed E-state index contributed by atoms with van der Waals surface area (Å²) in [7, 11) is 0. The number of aliphatic hydroxyl groups excluding tert-OH is 2. The van der Waals surface area contributed by atoms with E-state index in [2.05, 4.69) is 13.0 Å². The first-order valence-corrected chi connectivity index (χ1v) is 10.6. The lowest BCUT2D eigenvalue weighted by Gasteiger charge is -2.32. The number of esters is 1. The molecule has 1 aromatic carbocycles. The zero-order chi connectivity index (χ0) is 19.4. The van der Waals surface area contributed by atoms with Crippen LogP contribution in [0.25, 0.3) is 0 Å². The van der Waals surface area contributed by atoms with Gasteiger partial charge in [0.15, 0.2) is 0 Å². The molecule has 2 aliphatic carbocycles. The van der Waals surface area contributed by atoms with E-state index < -0.39 is 0 Å². The molecular weight excluding hydrogens is 340 g/mol. The largest absolute Gasteiger partial charge is 0.426 e. The van der Waals surface area contributed by atoms with Gasteiger partial charge in [-0.3, -0.25) is 4.79 Å². The fraction of sp³-hybridized carbons (Fsp3) is 0.696. The number of fused-ring (bicyclic) bond motifs is 2. The number of aliphatic hydroxyl groups is 2. The Kier molecular flexibility index (Phi) is 6.93. The van der Waals surface area contributed by atoms with Crippen LogP contribution in [-0.2, 0) is 17.6 Å². The van der Waals surface area contributed by atoms with Crippen molar-refractivity contribution in [3.63, 3.8) is 0 Å². The van der Waals surface area contributed by atoms with Crippen molar-refractivity contribution >= 4 is 5.97 Å². The lowest BCUT2D eigenvalue weighted by Crippen LogP contribution is -2.28. The SMILES string of the molecule is CCCCC[C@H](O)CC[C@H]1[C@H]2Cc3cccc(OC(C)=O)c3C[C@H]2C[C@@H]1O. The third-order valence-corrected chi connectivity index (χ3v) is 6.57. The average molecular weight is 375 g/mol. The molecule has 2 N–H and O–H groups in total. The van der Waals surface area contributed by atoms with Gasteiger partial charge in [-0.05, 0) is 73.5 Å². The van der Waals surface area contributed by atoms with Crippen molar-refractivity contribution in [2.24, 2.45) is 17.8 Å². The molecule has 4 heteroatoms. The molecule has 4 nitrogen and oxygen atoms in total. The van der Waals surface area contributed by atoms with Gasteiger partial charge in [0.2, 0.25) is 0 Å². The maximum atomic E-state index is 11.4. The van der Waals surface area contributed by atoms with E-state index in [1.54, 1.807) is 0 Å². The Morgan fingerprint density at radius 1 is 1.26 bits per heavy atom. The molecule has 27 heavy (non-hydrogen) atoms. The summed E-state index contributed by atoms with van der Waals surface area (Å²) >= 11 is 0. The third kappa shape index (κ3) is 4.91. The van der Waals surface area contributed by atoms with Crippen LogP contribution in [0.15, 0.2) is 18.2 Å². The Morgan fingerprint density at radius 3 is 2.81 bits per heavy atom. The summed E-state index contributed by atoms with van der Waals surface area (Å²) in [4.78, 5) is 11.4. The fourth-order valence-electron chi connectivity index (χ4n) is 5.21. The Bertz CT molecular complexity index is 641.